The van der Waals surface area contributed by atoms with E-state index < -0.39 is 6.10 Å². The molecule has 0 aliphatic carbocycles. The van der Waals surface area contributed by atoms with E-state index in [2.05, 4.69) is 4.98 Å². The highest BCUT2D eigenvalue weighted by Crippen LogP contribution is 2.20. The third-order valence-electron chi connectivity index (χ3n) is 2.69. The van der Waals surface area contributed by atoms with Crippen LogP contribution in [0.4, 0.5) is 0 Å². The summed E-state index contributed by atoms with van der Waals surface area (Å²) in [6.45, 7) is 0. The van der Waals surface area contributed by atoms with Gasteiger partial charge in [0, 0.05) is 23.7 Å². The van der Waals surface area contributed by atoms with Gasteiger partial charge in [0.25, 0.3) is 0 Å². The highest BCUT2D eigenvalue weighted by molar-refractivity contribution is 6.30. The summed E-state index contributed by atoms with van der Waals surface area (Å²) >= 11 is 5.80. The van der Waals surface area contributed by atoms with Gasteiger partial charge in [-0.15, -0.1) is 0 Å². The number of aliphatic hydroxyl groups is 1. The van der Waals surface area contributed by atoms with Gasteiger partial charge in [0.15, 0.2) is 0 Å². The zero-order chi connectivity index (χ0) is 13.0. The summed E-state index contributed by atoms with van der Waals surface area (Å²) < 4.78 is 4.98. The van der Waals surface area contributed by atoms with E-state index in [1.165, 1.54) is 0 Å². The van der Waals surface area contributed by atoms with Gasteiger partial charge in [-0.3, -0.25) is 0 Å². The minimum Gasteiger partial charge on any atom is -0.481 e. The van der Waals surface area contributed by atoms with Gasteiger partial charge < -0.3 is 9.84 Å². The molecule has 1 atom stereocenters. The first-order valence-corrected chi connectivity index (χ1v) is 5.99. The monoisotopic (exact) mass is 263 g/mol. The summed E-state index contributed by atoms with van der Waals surface area (Å²) in [5.41, 5.74) is 1.80. The van der Waals surface area contributed by atoms with E-state index in [1.54, 1.807) is 31.5 Å². The second-order valence-corrected chi connectivity index (χ2v) is 4.42. The van der Waals surface area contributed by atoms with Crippen molar-refractivity contribution < 1.29 is 9.84 Å². The molecule has 0 aliphatic rings. The fourth-order valence-corrected chi connectivity index (χ4v) is 1.80. The van der Waals surface area contributed by atoms with Crippen molar-refractivity contribution >= 4 is 11.6 Å². The van der Waals surface area contributed by atoms with Crippen LogP contribution in [0, 0.1) is 0 Å². The molecule has 0 fully saturated rings. The highest BCUT2D eigenvalue weighted by atomic mass is 35.5. The first kappa shape index (κ1) is 12.9. The van der Waals surface area contributed by atoms with E-state index in [1.807, 2.05) is 18.2 Å². The molecule has 0 amide bonds. The molecule has 0 saturated carbocycles. The number of ether oxygens (including phenoxy) is 1. The van der Waals surface area contributed by atoms with Crippen molar-refractivity contribution in [3.63, 3.8) is 0 Å². The molecular weight excluding hydrogens is 250 g/mol. The van der Waals surface area contributed by atoms with Crippen molar-refractivity contribution in [1.82, 2.24) is 4.98 Å². The van der Waals surface area contributed by atoms with Gasteiger partial charge in [0.1, 0.15) is 0 Å². The van der Waals surface area contributed by atoms with Crippen molar-refractivity contribution in [1.29, 1.82) is 0 Å². The predicted octanol–water partition coefficient (Wildman–Crippen LogP) is 3.02. The maximum Gasteiger partial charge on any atom is 0.212 e. The van der Waals surface area contributed by atoms with Crippen molar-refractivity contribution in [3.8, 4) is 5.88 Å². The zero-order valence-electron chi connectivity index (χ0n) is 10.0. The van der Waals surface area contributed by atoms with E-state index >= 15 is 0 Å². The van der Waals surface area contributed by atoms with E-state index in [0.29, 0.717) is 17.3 Å². The molecule has 94 valence electrons. The standard InChI is InChI=1S/C14H14ClNO2/c1-18-14-7-2-10(9-16-14)8-13(17)11-3-5-12(15)6-4-11/h2-7,9,13,17H,8H2,1H3. The fraction of sp³-hybridized carbons (Fsp3) is 0.214. The average Bonchev–Trinajstić information content (AvgIpc) is 2.40. The summed E-state index contributed by atoms with van der Waals surface area (Å²) in [5, 5.41) is 10.8. The summed E-state index contributed by atoms with van der Waals surface area (Å²) in [7, 11) is 1.57. The predicted molar refractivity (Wildman–Crippen MR) is 70.9 cm³/mol. The number of halogens is 1. The van der Waals surface area contributed by atoms with E-state index in [4.69, 9.17) is 16.3 Å². The lowest BCUT2D eigenvalue weighted by atomic mass is 10.0. The van der Waals surface area contributed by atoms with Crippen LogP contribution in [0.25, 0.3) is 0 Å². The van der Waals surface area contributed by atoms with Gasteiger partial charge >= 0.3 is 0 Å². The number of aromatic nitrogens is 1. The first-order valence-electron chi connectivity index (χ1n) is 5.61. The summed E-state index contributed by atoms with van der Waals surface area (Å²) in [6, 6.07) is 10.9. The molecule has 0 aliphatic heterocycles. The molecule has 4 heteroatoms. The summed E-state index contributed by atoms with van der Waals surface area (Å²) in [4.78, 5) is 4.10. The number of aliphatic hydroxyl groups excluding tert-OH is 1. The number of pyridine rings is 1. The molecule has 1 heterocycles. The zero-order valence-corrected chi connectivity index (χ0v) is 10.8. The second kappa shape index (κ2) is 5.85. The van der Waals surface area contributed by atoms with Crippen LogP contribution < -0.4 is 4.74 Å². The maximum absolute atomic E-state index is 10.1. The minimum absolute atomic E-state index is 0.513. The third kappa shape index (κ3) is 3.22. The van der Waals surface area contributed by atoms with Gasteiger partial charge in [-0.2, -0.15) is 0 Å². The molecule has 1 unspecified atom stereocenters. The van der Waals surface area contributed by atoms with Crippen molar-refractivity contribution in [3.05, 3.63) is 58.7 Å². The SMILES string of the molecule is COc1ccc(CC(O)c2ccc(Cl)cc2)cn1. The van der Waals surface area contributed by atoms with Crippen LogP contribution >= 0.6 is 11.6 Å². The van der Waals surface area contributed by atoms with Crippen LogP contribution in [-0.4, -0.2) is 17.2 Å². The normalized spacial score (nSPS) is 12.2. The second-order valence-electron chi connectivity index (χ2n) is 3.98. The Hall–Kier alpha value is -1.58. The van der Waals surface area contributed by atoms with Crippen LogP contribution in [0.1, 0.15) is 17.2 Å². The Morgan fingerprint density at radius 3 is 2.50 bits per heavy atom. The average molecular weight is 264 g/mol. The molecule has 18 heavy (non-hydrogen) atoms. The van der Waals surface area contributed by atoms with Crippen LogP contribution in [0.5, 0.6) is 5.88 Å². The van der Waals surface area contributed by atoms with E-state index in [-0.39, 0.29) is 0 Å². The van der Waals surface area contributed by atoms with Crippen LogP contribution in [0.2, 0.25) is 5.02 Å². The van der Waals surface area contributed by atoms with Gasteiger partial charge in [0.2, 0.25) is 5.88 Å². The molecule has 2 aromatic rings. The number of nitrogens with zero attached hydrogens (tertiary/aromatic N) is 1. The lowest BCUT2D eigenvalue weighted by Crippen LogP contribution is -2.02. The fourth-order valence-electron chi connectivity index (χ4n) is 1.68. The Morgan fingerprint density at radius 2 is 1.94 bits per heavy atom. The molecule has 0 radical (unpaired) electrons. The summed E-state index contributed by atoms with van der Waals surface area (Å²) in [6.07, 6.45) is 1.66. The smallest absolute Gasteiger partial charge is 0.212 e. The Balaban J connectivity index is 2.05. The van der Waals surface area contributed by atoms with Gasteiger partial charge in [-0.25, -0.2) is 4.98 Å². The molecule has 3 nitrogen and oxygen atoms in total. The van der Waals surface area contributed by atoms with Crippen molar-refractivity contribution in [2.75, 3.05) is 7.11 Å². The molecule has 1 aromatic heterocycles. The molecule has 2 rings (SSSR count). The molecule has 0 bridgehead atoms. The van der Waals surface area contributed by atoms with Crippen LogP contribution in [0.3, 0.4) is 0 Å². The van der Waals surface area contributed by atoms with E-state index in [0.717, 1.165) is 11.1 Å². The Morgan fingerprint density at radius 1 is 1.22 bits per heavy atom. The Bertz CT molecular complexity index is 496. The van der Waals surface area contributed by atoms with Crippen LogP contribution in [0.15, 0.2) is 42.6 Å². The van der Waals surface area contributed by atoms with Gasteiger partial charge in [0.05, 0.1) is 13.2 Å². The minimum atomic E-state index is -0.558. The Labute approximate surface area is 111 Å². The van der Waals surface area contributed by atoms with Crippen LogP contribution in [-0.2, 0) is 6.42 Å². The lowest BCUT2D eigenvalue weighted by Gasteiger charge is -2.11. The van der Waals surface area contributed by atoms with Gasteiger partial charge in [-0.1, -0.05) is 29.8 Å². The molecule has 1 aromatic carbocycles. The van der Waals surface area contributed by atoms with E-state index in [9.17, 15) is 5.11 Å². The number of benzene rings is 1. The van der Waals surface area contributed by atoms with Gasteiger partial charge in [-0.05, 0) is 23.3 Å². The first-order chi connectivity index (χ1) is 8.69. The van der Waals surface area contributed by atoms with Crippen molar-refractivity contribution in [2.45, 2.75) is 12.5 Å². The molecule has 1 N–H and O–H groups in total. The number of hydrogen-bond acceptors (Lipinski definition) is 3. The molecule has 0 saturated heterocycles. The van der Waals surface area contributed by atoms with Crippen molar-refractivity contribution in [2.24, 2.45) is 0 Å². The molecular formula is C14H14ClNO2. The quantitative estimate of drug-likeness (QED) is 0.922. The topological polar surface area (TPSA) is 42.4 Å². The number of methoxy groups -OCH3 is 1. The summed E-state index contributed by atoms with van der Waals surface area (Å²) in [5.74, 6) is 0.569. The third-order valence-corrected chi connectivity index (χ3v) is 2.94. The highest BCUT2D eigenvalue weighted by Gasteiger charge is 2.08. The molecule has 0 spiro atoms. The Kier molecular flexibility index (Phi) is 4.18. The number of hydrogen-bond donors (Lipinski definition) is 1. The number of rotatable bonds is 4. The lowest BCUT2D eigenvalue weighted by molar-refractivity contribution is 0.178. The largest absolute Gasteiger partial charge is 0.481 e. The maximum atomic E-state index is 10.1.